The topological polar surface area (TPSA) is 161 Å². The highest BCUT2D eigenvalue weighted by Crippen LogP contribution is 2.33. The van der Waals surface area contributed by atoms with Crippen molar-refractivity contribution in [2.75, 3.05) is 26.1 Å². The van der Waals surface area contributed by atoms with Gasteiger partial charge >= 0.3 is 11.9 Å². The summed E-state index contributed by atoms with van der Waals surface area (Å²) in [6.45, 7) is 2.50. The van der Waals surface area contributed by atoms with E-state index in [2.05, 4.69) is 17.2 Å². The van der Waals surface area contributed by atoms with Crippen molar-refractivity contribution in [1.82, 2.24) is 4.31 Å². The number of carboxylic acid groups (broad SMARTS) is 1. The van der Waals surface area contributed by atoms with Crippen LogP contribution in [0.15, 0.2) is 76.6 Å². The molecular weight excluding hydrogens is 687 g/mol. The summed E-state index contributed by atoms with van der Waals surface area (Å²) in [5.41, 5.74) is 0.405. The van der Waals surface area contributed by atoms with Gasteiger partial charge in [0, 0.05) is 7.05 Å². The van der Waals surface area contributed by atoms with Gasteiger partial charge in [-0.15, -0.1) is 0 Å². The summed E-state index contributed by atoms with van der Waals surface area (Å²) in [5.74, 6) is -2.48. The maximum Gasteiger partial charge on any atom is 0.338 e. The molecule has 52 heavy (non-hydrogen) atoms. The second-order valence-corrected chi connectivity index (χ2v) is 14.6. The van der Waals surface area contributed by atoms with E-state index in [1.807, 2.05) is 0 Å². The highest BCUT2D eigenvalue weighted by Gasteiger charge is 2.39. The van der Waals surface area contributed by atoms with Crippen molar-refractivity contribution in [1.29, 1.82) is 0 Å². The van der Waals surface area contributed by atoms with Gasteiger partial charge in [0.25, 0.3) is 15.9 Å². The molecule has 0 aromatic heterocycles. The van der Waals surface area contributed by atoms with Gasteiger partial charge < -0.3 is 24.6 Å². The van der Waals surface area contributed by atoms with E-state index in [0.29, 0.717) is 0 Å². The van der Waals surface area contributed by atoms with Crippen LogP contribution in [-0.2, 0) is 19.6 Å². The van der Waals surface area contributed by atoms with E-state index in [9.17, 15) is 27.9 Å². The van der Waals surface area contributed by atoms with Crippen molar-refractivity contribution in [2.45, 2.75) is 95.0 Å². The number of aliphatic imine (C=N–C) groups is 1. The number of anilines is 1. The number of benzene rings is 3. The van der Waals surface area contributed by atoms with Gasteiger partial charge in [-0.1, -0.05) is 89.7 Å². The standard InChI is InChI=1S/C39H49N3O9S/c1-4-5-6-7-8-9-10-11-12-13-14-17-26-50-39(46)29-22-25-33(49-3)32(27-29)41-37(43)35(51-30-23-20-28(21-24-30)38(44)45)36-40-31-18-15-16-19-34(31)52(47,48)42(36)2/h15-16,18-25,27,35H,4-14,17,26H2,1-3H3,(H,41,43)(H,44,45). The Kier molecular flexibility index (Phi) is 15.1. The molecule has 1 unspecified atom stereocenters. The second-order valence-electron chi connectivity index (χ2n) is 12.7. The Hall–Kier alpha value is -4.91. The maximum atomic E-state index is 14.0. The summed E-state index contributed by atoms with van der Waals surface area (Å²) in [4.78, 5) is 42.8. The number of methoxy groups -OCH3 is 1. The number of carbonyl (C=O) groups excluding carboxylic acids is 2. The monoisotopic (exact) mass is 735 g/mol. The molecule has 0 radical (unpaired) electrons. The molecule has 1 aliphatic rings. The fourth-order valence-electron chi connectivity index (χ4n) is 5.81. The molecule has 0 bridgehead atoms. The van der Waals surface area contributed by atoms with Gasteiger partial charge in [0.15, 0.2) is 5.84 Å². The molecule has 1 atom stereocenters. The van der Waals surface area contributed by atoms with Crippen LogP contribution in [0.3, 0.4) is 0 Å². The van der Waals surface area contributed by atoms with Gasteiger partial charge in [0.05, 0.1) is 36.2 Å². The third-order valence-electron chi connectivity index (χ3n) is 8.81. The van der Waals surface area contributed by atoms with Crippen LogP contribution in [0.5, 0.6) is 11.5 Å². The smallest absolute Gasteiger partial charge is 0.338 e. The number of hydrogen-bond acceptors (Lipinski definition) is 9. The fourth-order valence-corrected chi connectivity index (χ4v) is 7.12. The Morgan fingerprint density at radius 2 is 1.42 bits per heavy atom. The second kappa shape index (κ2) is 19.6. The van der Waals surface area contributed by atoms with Crippen molar-refractivity contribution in [2.24, 2.45) is 4.99 Å². The van der Waals surface area contributed by atoms with E-state index in [-0.39, 0.29) is 51.3 Å². The molecule has 0 saturated heterocycles. The number of carboxylic acids is 1. The number of ether oxygens (including phenoxy) is 3. The van der Waals surface area contributed by atoms with Gasteiger partial charge in [-0.2, -0.15) is 0 Å². The molecule has 3 aromatic rings. The molecule has 0 saturated carbocycles. The number of carbonyl (C=O) groups is 3. The van der Waals surface area contributed by atoms with Gasteiger partial charge in [0.2, 0.25) is 6.10 Å². The molecule has 12 nitrogen and oxygen atoms in total. The normalized spacial score (nSPS) is 13.8. The Labute approximate surface area is 306 Å². The van der Waals surface area contributed by atoms with E-state index in [1.165, 1.54) is 127 Å². The average molecular weight is 736 g/mol. The number of sulfonamides is 1. The van der Waals surface area contributed by atoms with Crippen molar-refractivity contribution in [3.63, 3.8) is 0 Å². The molecule has 1 aliphatic heterocycles. The average Bonchev–Trinajstić information content (AvgIpc) is 3.14. The molecule has 13 heteroatoms. The minimum absolute atomic E-state index is 0.00998. The van der Waals surface area contributed by atoms with Crippen molar-refractivity contribution in [3.05, 3.63) is 77.9 Å². The summed E-state index contributed by atoms with van der Waals surface area (Å²) in [5, 5.41) is 12.0. The zero-order valence-corrected chi connectivity index (χ0v) is 31.0. The quantitative estimate of drug-likeness (QED) is 0.0816. The Morgan fingerprint density at radius 1 is 0.827 bits per heavy atom. The molecule has 0 aliphatic carbocycles. The number of nitrogens with zero attached hydrogens (tertiary/aromatic N) is 2. The first-order chi connectivity index (χ1) is 25.1. The summed E-state index contributed by atoms with van der Waals surface area (Å²) in [6, 6.07) is 15.8. The molecule has 1 amide bonds. The van der Waals surface area contributed by atoms with Crippen LogP contribution in [-0.4, -0.2) is 68.4 Å². The third-order valence-corrected chi connectivity index (χ3v) is 10.6. The number of unbranched alkanes of at least 4 members (excludes halogenated alkanes) is 11. The summed E-state index contributed by atoms with van der Waals surface area (Å²) in [7, 11) is -1.45. The lowest BCUT2D eigenvalue weighted by Gasteiger charge is -2.30. The summed E-state index contributed by atoms with van der Waals surface area (Å²) < 4.78 is 44.7. The summed E-state index contributed by atoms with van der Waals surface area (Å²) >= 11 is 0. The van der Waals surface area contributed by atoms with E-state index < -0.39 is 34.0 Å². The van der Waals surface area contributed by atoms with Gasteiger partial charge in [-0.05, 0) is 61.0 Å². The highest BCUT2D eigenvalue weighted by atomic mass is 32.2. The van der Waals surface area contributed by atoms with Crippen LogP contribution in [0.1, 0.15) is 105 Å². The number of hydrogen-bond donors (Lipinski definition) is 2. The van der Waals surface area contributed by atoms with Crippen molar-refractivity contribution < 1.29 is 42.1 Å². The SMILES string of the molecule is CCCCCCCCCCCCCCOC(=O)c1ccc(OC)c(NC(=O)C(Oc2ccc(C(=O)O)cc2)C2=Nc3ccccc3S(=O)(=O)N2C)c1. The number of likely N-dealkylation sites (N-methyl/N-ethyl adjacent to an activating group) is 1. The molecule has 280 valence electrons. The van der Waals surface area contributed by atoms with Crippen molar-refractivity contribution >= 4 is 45.1 Å². The van der Waals surface area contributed by atoms with E-state index in [4.69, 9.17) is 14.2 Å². The Morgan fingerprint density at radius 3 is 2.04 bits per heavy atom. The minimum Gasteiger partial charge on any atom is -0.495 e. The number of amides is 1. The van der Waals surface area contributed by atoms with Crippen LogP contribution in [0.2, 0.25) is 0 Å². The zero-order chi connectivity index (χ0) is 37.5. The molecule has 0 spiro atoms. The third kappa shape index (κ3) is 10.8. The van der Waals surface area contributed by atoms with Crippen molar-refractivity contribution in [3.8, 4) is 11.5 Å². The molecule has 4 rings (SSSR count). The maximum absolute atomic E-state index is 14.0. The molecular formula is C39H49N3O9S. The highest BCUT2D eigenvalue weighted by molar-refractivity contribution is 7.90. The number of para-hydroxylation sites is 1. The number of esters is 1. The molecule has 3 aromatic carbocycles. The predicted molar refractivity (Wildman–Crippen MR) is 199 cm³/mol. The number of rotatable bonds is 21. The van der Waals surface area contributed by atoms with Crippen LogP contribution in [0, 0.1) is 0 Å². The summed E-state index contributed by atoms with van der Waals surface area (Å²) in [6.07, 6.45) is 12.7. The molecule has 2 N–H and O–H groups in total. The van der Waals surface area contributed by atoms with E-state index in [1.54, 1.807) is 12.1 Å². The van der Waals surface area contributed by atoms with E-state index >= 15 is 0 Å². The number of amidine groups is 1. The van der Waals surface area contributed by atoms with Crippen LogP contribution < -0.4 is 14.8 Å². The van der Waals surface area contributed by atoms with Crippen LogP contribution >= 0.6 is 0 Å². The first kappa shape index (κ1) is 39.9. The lowest BCUT2D eigenvalue weighted by Crippen LogP contribution is -2.50. The molecule has 0 fully saturated rings. The number of fused-ring (bicyclic) bond motifs is 1. The lowest BCUT2D eigenvalue weighted by molar-refractivity contribution is -0.120. The first-order valence-electron chi connectivity index (χ1n) is 17.9. The predicted octanol–water partition coefficient (Wildman–Crippen LogP) is 8.00. The van der Waals surface area contributed by atoms with Gasteiger partial charge in [-0.25, -0.2) is 23.0 Å². The minimum atomic E-state index is -4.11. The van der Waals surface area contributed by atoms with Crippen LogP contribution in [0.4, 0.5) is 11.4 Å². The number of aromatic carboxylic acids is 1. The van der Waals surface area contributed by atoms with Gasteiger partial charge in [-0.3, -0.25) is 9.10 Å². The Balaban J connectivity index is 1.43. The zero-order valence-electron chi connectivity index (χ0n) is 30.1. The fraction of sp³-hybridized carbons (Fsp3) is 0.436. The lowest BCUT2D eigenvalue weighted by atomic mass is 10.1. The first-order valence-corrected chi connectivity index (χ1v) is 19.3. The van der Waals surface area contributed by atoms with E-state index in [0.717, 1.165) is 23.6 Å². The molecule has 1 heterocycles. The Bertz CT molecular complexity index is 1810. The van der Waals surface area contributed by atoms with Crippen LogP contribution in [0.25, 0.3) is 0 Å². The largest absolute Gasteiger partial charge is 0.495 e. The number of nitrogens with one attached hydrogen (secondary N) is 1. The van der Waals surface area contributed by atoms with Gasteiger partial charge in [0.1, 0.15) is 16.4 Å².